The molecule has 1 rings (SSSR count). The van der Waals surface area contributed by atoms with Crippen LogP contribution in [0.3, 0.4) is 0 Å². The van der Waals surface area contributed by atoms with Crippen molar-refractivity contribution in [1.29, 1.82) is 0 Å². The normalized spacial score (nSPS) is 12.6. The second-order valence-corrected chi connectivity index (χ2v) is 7.75. The second-order valence-electron chi connectivity index (χ2n) is 4.63. The van der Waals surface area contributed by atoms with Gasteiger partial charge in [0.05, 0.1) is 5.69 Å². The van der Waals surface area contributed by atoms with E-state index in [4.69, 9.17) is 34.8 Å². The van der Waals surface area contributed by atoms with Gasteiger partial charge in [-0.1, -0.05) is 55.6 Å². The molecule has 1 aromatic heterocycles. The monoisotopic (exact) mass is 314 g/mol. The predicted octanol–water partition coefficient (Wildman–Crippen LogP) is 3.77. The van der Waals surface area contributed by atoms with Gasteiger partial charge in [0.1, 0.15) is 0 Å². The van der Waals surface area contributed by atoms with E-state index in [1.165, 1.54) is 23.3 Å². The van der Waals surface area contributed by atoms with Gasteiger partial charge >= 0.3 is 0 Å². The van der Waals surface area contributed by atoms with E-state index in [0.29, 0.717) is 5.13 Å². The minimum absolute atomic E-state index is 0.0708. The third kappa shape index (κ3) is 3.71. The number of anilines is 1. The Morgan fingerprint density at radius 2 is 1.88 bits per heavy atom. The number of carbonyl (C=O) groups is 1. The molecule has 96 valence electrons. The fourth-order valence-corrected chi connectivity index (χ4v) is 2.44. The molecule has 0 aliphatic heterocycles. The number of hydrogen-bond acceptors (Lipinski definition) is 3. The van der Waals surface area contributed by atoms with Crippen LogP contribution in [0.5, 0.6) is 0 Å². The van der Waals surface area contributed by atoms with Gasteiger partial charge in [-0.05, 0) is 0 Å². The molecule has 0 spiro atoms. The largest absolute Gasteiger partial charge is 0.288 e. The summed E-state index contributed by atoms with van der Waals surface area (Å²) in [7, 11) is 1.54. The molecular weight excluding hydrogens is 303 g/mol. The summed E-state index contributed by atoms with van der Waals surface area (Å²) in [6.45, 7) is 6.13. The molecule has 0 radical (unpaired) electrons. The first kappa shape index (κ1) is 15.0. The zero-order chi connectivity index (χ0) is 13.4. The van der Waals surface area contributed by atoms with Gasteiger partial charge in [0, 0.05) is 17.8 Å². The number of amides is 1. The zero-order valence-electron chi connectivity index (χ0n) is 9.92. The lowest BCUT2D eigenvalue weighted by atomic mass is 9.93. The maximum absolute atomic E-state index is 11.7. The number of thiazole rings is 1. The van der Waals surface area contributed by atoms with Crippen molar-refractivity contribution in [2.24, 2.45) is 0 Å². The van der Waals surface area contributed by atoms with E-state index in [1.807, 2.05) is 26.2 Å². The number of hydrogen-bond donors (Lipinski definition) is 0. The number of carbonyl (C=O) groups excluding carboxylic acids is 1. The fourth-order valence-electron chi connectivity index (χ4n) is 1.04. The smallest absolute Gasteiger partial charge is 0.280 e. The van der Waals surface area contributed by atoms with Gasteiger partial charge < -0.3 is 0 Å². The van der Waals surface area contributed by atoms with Crippen LogP contribution >= 0.6 is 46.1 Å². The second kappa shape index (κ2) is 4.92. The van der Waals surface area contributed by atoms with E-state index in [2.05, 4.69) is 4.98 Å². The Kier molecular flexibility index (Phi) is 4.35. The molecule has 0 unspecified atom stereocenters. The van der Waals surface area contributed by atoms with Crippen molar-refractivity contribution in [3.05, 3.63) is 11.1 Å². The molecule has 0 N–H and O–H groups in total. The van der Waals surface area contributed by atoms with Gasteiger partial charge in [-0.25, -0.2) is 4.98 Å². The molecular formula is C10H13Cl3N2OS. The molecule has 0 bridgehead atoms. The Morgan fingerprint density at radius 3 is 2.24 bits per heavy atom. The van der Waals surface area contributed by atoms with Crippen LogP contribution in [-0.2, 0) is 10.2 Å². The number of aromatic nitrogens is 1. The van der Waals surface area contributed by atoms with E-state index in [9.17, 15) is 4.79 Å². The first-order valence-electron chi connectivity index (χ1n) is 4.84. The third-order valence-electron chi connectivity index (χ3n) is 2.09. The van der Waals surface area contributed by atoms with Crippen molar-refractivity contribution in [1.82, 2.24) is 4.98 Å². The molecule has 1 aromatic rings. The summed E-state index contributed by atoms with van der Waals surface area (Å²) in [4.78, 5) is 17.3. The van der Waals surface area contributed by atoms with Crippen LogP contribution in [0.25, 0.3) is 0 Å². The first-order valence-corrected chi connectivity index (χ1v) is 6.85. The summed E-state index contributed by atoms with van der Waals surface area (Å²) >= 11 is 18.0. The van der Waals surface area contributed by atoms with E-state index >= 15 is 0 Å². The third-order valence-corrected chi connectivity index (χ3v) is 3.50. The number of halogens is 3. The standard InChI is InChI=1S/C10H13Cl3N2OS/c1-9(2,3)6-5-17-8(14-6)15(4)7(16)10(11,12)13/h5H,1-4H3. The van der Waals surface area contributed by atoms with Crippen LogP contribution in [0.1, 0.15) is 26.5 Å². The van der Waals surface area contributed by atoms with Crippen molar-refractivity contribution in [3.8, 4) is 0 Å². The van der Waals surface area contributed by atoms with Gasteiger partial charge in [-0.15, -0.1) is 11.3 Å². The van der Waals surface area contributed by atoms with Gasteiger partial charge in [-0.2, -0.15) is 0 Å². The van der Waals surface area contributed by atoms with Crippen LogP contribution in [0, 0.1) is 0 Å². The van der Waals surface area contributed by atoms with Crippen LogP contribution < -0.4 is 4.90 Å². The summed E-state index contributed by atoms with van der Waals surface area (Å²) in [6.07, 6.45) is 0. The SMILES string of the molecule is CN(C(=O)C(Cl)(Cl)Cl)c1nc(C(C)(C)C)cs1. The Bertz CT molecular complexity index is 420. The lowest BCUT2D eigenvalue weighted by Crippen LogP contribution is -2.36. The van der Waals surface area contributed by atoms with Crippen molar-refractivity contribution < 1.29 is 4.79 Å². The van der Waals surface area contributed by atoms with E-state index < -0.39 is 9.70 Å². The van der Waals surface area contributed by atoms with Gasteiger partial charge in [0.15, 0.2) is 5.13 Å². The Morgan fingerprint density at radius 1 is 1.35 bits per heavy atom. The molecule has 17 heavy (non-hydrogen) atoms. The van der Waals surface area contributed by atoms with Crippen LogP contribution in [0.2, 0.25) is 0 Å². The topological polar surface area (TPSA) is 33.2 Å². The highest BCUT2D eigenvalue weighted by Gasteiger charge is 2.35. The Hall–Kier alpha value is -0.0300. The molecule has 1 amide bonds. The Labute approximate surface area is 120 Å². The average Bonchev–Trinajstić information content (AvgIpc) is 2.61. The lowest BCUT2D eigenvalue weighted by molar-refractivity contribution is -0.117. The molecule has 0 fully saturated rings. The predicted molar refractivity (Wildman–Crippen MR) is 74.5 cm³/mol. The summed E-state index contributed by atoms with van der Waals surface area (Å²) in [5, 5.41) is 2.42. The summed E-state index contributed by atoms with van der Waals surface area (Å²) in [5.41, 5.74) is 0.833. The fraction of sp³-hybridized carbons (Fsp3) is 0.600. The average molecular weight is 316 g/mol. The summed E-state index contributed by atoms with van der Waals surface area (Å²) in [5.74, 6) is -0.614. The minimum Gasteiger partial charge on any atom is -0.288 e. The van der Waals surface area contributed by atoms with Crippen LogP contribution in [-0.4, -0.2) is 21.7 Å². The Balaban J connectivity index is 2.95. The van der Waals surface area contributed by atoms with Gasteiger partial charge in [0.2, 0.25) is 0 Å². The highest BCUT2D eigenvalue weighted by molar-refractivity contribution is 7.14. The van der Waals surface area contributed by atoms with Gasteiger partial charge in [0.25, 0.3) is 9.70 Å². The zero-order valence-corrected chi connectivity index (χ0v) is 13.0. The minimum atomic E-state index is -1.96. The molecule has 3 nitrogen and oxygen atoms in total. The molecule has 0 aromatic carbocycles. The first-order chi connectivity index (χ1) is 7.53. The molecule has 0 aliphatic rings. The van der Waals surface area contributed by atoms with E-state index in [0.717, 1.165) is 5.69 Å². The van der Waals surface area contributed by atoms with Crippen molar-refractivity contribution in [3.63, 3.8) is 0 Å². The molecule has 1 heterocycles. The molecule has 0 saturated heterocycles. The molecule has 0 atom stereocenters. The highest BCUT2D eigenvalue weighted by atomic mass is 35.6. The maximum Gasteiger partial charge on any atom is 0.280 e. The van der Waals surface area contributed by atoms with Crippen molar-refractivity contribution in [2.75, 3.05) is 11.9 Å². The van der Waals surface area contributed by atoms with Crippen molar-refractivity contribution >= 4 is 57.2 Å². The van der Waals surface area contributed by atoms with Crippen molar-refractivity contribution in [2.45, 2.75) is 30.0 Å². The van der Waals surface area contributed by atoms with Crippen LogP contribution in [0.4, 0.5) is 5.13 Å². The molecule has 0 saturated carbocycles. The van der Waals surface area contributed by atoms with E-state index in [1.54, 1.807) is 0 Å². The van der Waals surface area contributed by atoms with Gasteiger partial charge in [-0.3, -0.25) is 9.69 Å². The van der Waals surface area contributed by atoms with Crippen LogP contribution in [0.15, 0.2) is 5.38 Å². The maximum atomic E-state index is 11.7. The number of alkyl halides is 3. The van der Waals surface area contributed by atoms with E-state index in [-0.39, 0.29) is 5.41 Å². The lowest BCUT2D eigenvalue weighted by Gasteiger charge is -2.19. The quantitative estimate of drug-likeness (QED) is 0.739. The molecule has 7 heteroatoms. The number of rotatable bonds is 1. The summed E-state index contributed by atoms with van der Waals surface area (Å²) in [6, 6.07) is 0. The summed E-state index contributed by atoms with van der Waals surface area (Å²) < 4.78 is -1.96. The molecule has 0 aliphatic carbocycles. The number of nitrogens with zero attached hydrogens (tertiary/aromatic N) is 2. The highest BCUT2D eigenvalue weighted by Crippen LogP contribution is 2.33.